The number of rotatable bonds is 5. The van der Waals surface area contributed by atoms with E-state index in [1.807, 2.05) is 30.5 Å². The molecule has 0 aliphatic heterocycles. The molecule has 0 radical (unpaired) electrons. The van der Waals surface area contributed by atoms with Gasteiger partial charge in [0, 0.05) is 17.1 Å². The minimum absolute atomic E-state index is 0.211. The average Bonchev–Trinajstić information content (AvgIpc) is 3.15. The fourth-order valence-corrected chi connectivity index (χ4v) is 2.25. The van der Waals surface area contributed by atoms with Gasteiger partial charge in [-0.25, -0.2) is 4.98 Å². The molecule has 1 atom stereocenters. The minimum Gasteiger partial charge on any atom is -0.361 e. The quantitative estimate of drug-likeness (QED) is 0.545. The molecule has 0 bridgehead atoms. The molecule has 0 aliphatic carbocycles. The van der Waals surface area contributed by atoms with E-state index in [1.165, 1.54) is 6.33 Å². The van der Waals surface area contributed by atoms with Crippen molar-refractivity contribution in [2.45, 2.75) is 19.0 Å². The molecule has 0 fully saturated rings. The van der Waals surface area contributed by atoms with E-state index in [0.717, 1.165) is 16.5 Å². The van der Waals surface area contributed by atoms with E-state index in [0.29, 0.717) is 18.8 Å². The van der Waals surface area contributed by atoms with E-state index >= 15 is 0 Å². The third-order valence-corrected chi connectivity index (χ3v) is 3.35. The van der Waals surface area contributed by atoms with Gasteiger partial charge in [0.2, 0.25) is 5.91 Å². The van der Waals surface area contributed by atoms with Gasteiger partial charge in [-0.05, 0) is 18.1 Å². The van der Waals surface area contributed by atoms with Crippen molar-refractivity contribution in [2.75, 3.05) is 0 Å². The number of amides is 1. The molecular formula is C14H16N6O. The number of hydrogen-bond donors (Lipinski definition) is 4. The first-order valence-electron chi connectivity index (χ1n) is 6.66. The second kappa shape index (κ2) is 5.76. The molecule has 3 rings (SSSR count). The van der Waals surface area contributed by atoms with Crippen LogP contribution in [0.4, 0.5) is 0 Å². The highest BCUT2D eigenvalue weighted by Gasteiger charge is 2.16. The van der Waals surface area contributed by atoms with E-state index < -0.39 is 6.04 Å². The number of nitrogens with one attached hydrogen (secondary N) is 3. The molecule has 5 N–H and O–H groups in total. The number of para-hydroxylation sites is 1. The van der Waals surface area contributed by atoms with Crippen molar-refractivity contribution in [1.82, 2.24) is 25.5 Å². The van der Waals surface area contributed by atoms with Crippen molar-refractivity contribution in [3.8, 4) is 0 Å². The monoisotopic (exact) mass is 284 g/mol. The number of H-pyrrole nitrogens is 2. The zero-order valence-electron chi connectivity index (χ0n) is 11.3. The molecule has 0 spiro atoms. The van der Waals surface area contributed by atoms with E-state index in [2.05, 4.69) is 25.5 Å². The van der Waals surface area contributed by atoms with Crippen molar-refractivity contribution >= 4 is 16.8 Å². The molecule has 21 heavy (non-hydrogen) atoms. The molecule has 0 saturated heterocycles. The summed E-state index contributed by atoms with van der Waals surface area (Å²) in [7, 11) is 0. The number of carbonyl (C=O) groups is 1. The molecular weight excluding hydrogens is 268 g/mol. The Hall–Kier alpha value is -2.67. The van der Waals surface area contributed by atoms with Gasteiger partial charge >= 0.3 is 0 Å². The summed E-state index contributed by atoms with van der Waals surface area (Å²) in [6, 6.07) is 7.34. The fraction of sp³-hybridized carbons (Fsp3) is 0.214. The molecule has 3 aromatic rings. The van der Waals surface area contributed by atoms with Crippen LogP contribution >= 0.6 is 0 Å². The predicted molar refractivity (Wildman–Crippen MR) is 78.2 cm³/mol. The number of hydrogen-bond acceptors (Lipinski definition) is 4. The van der Waals surface area contributed by atoms with Gasteiger partial charge in [-0.3, -0.25) is 9.89 Å². The van der Waals surface area contributed by atoms with E-state index in [-0.39, 0.29) is 5.91 Å². The second-order valence-corrected chi connectivity index (χ2v) is 4.82. The number of carbonyl (C=O) groups excluding carboxylic acids is 1. The first-order valence-corrected chi connectivity index (χ1v) is 6.66. The summed E-state index contributed by atoms with van der Waals surface area (Å²) in [6.45, 7) is 0.292. The molecule has 2 aromatic heterocycles. The van der Waals surface area contributed by atoms with Crippen LogP contribution in [-0.4, -0.2) is 32.1 Å². The maximum atomic E-state index is 12.0. The Labute approximate surface area is 121 Å². The lowest BCUT2D eigenvalue weighted by Gasteiger charge is -2.11. The Bertz CT molecular complexity index is 733. The summed E-state index contributed by atoms with van der Waals surface area (Å²) in [5, 5.41) is 10.2. The van der Waals surface area contributed by atoms with Gasteiger partial charge in [-0.15, -0.1) is 0 Å². The van der Waals surface area contributed by atoms with Crippen molar-refractivity contribution in [2.24, 2.45) is 5.73 Å². The number of nitrogens with two attached hydrogens (primary N) is 1. The molecule has 2 heterocycles. The van der Waals surface area contributed by atoms with Crippen molar-refractivity contribution in [3.05, 3.63) is 48.2 Å². The third-order valence-electron chi connectivity index (χ3n) is 3.35. The van der Waals surface area contributed by atoms with Crippen LogP contribution in [0.25, 0.3) is 10.9 Å². The second-order valence-electron chi connectivity index (χ2n) is 4.82. The Morgan fingerprint density at radius 2 is 2.24 bits per heavy atom. The third kappa shape index (κ3) is 2.92. The Balaban J connectivity index is 1.62. The number of aromatic nitrogens is 4. The van der Waals surface area contributed by atoms with Gasteiger partial charge in [0.15, 0.2) is 0 Å². The smallest absolute Gasteiger partial charge is 0.237 e. The van der Waals surface area contributed by atoms with Gasteiger partial charge in [-0.2, -0.15) is 5.10 Å². The molecule has 108 valence electrons. The summed E-state index contributed by atoms with van der Waals surface area (Å²) in [5.41, 5.74) is 8.05. The highest BCUT2D eigenvalue weighted by Crippen LogP contribution is 2.18. The molecule has 1 unspecified atom stereocenters. The lowest BCUT2D eigenvalue weighted by atomic mass is 10.1. The largest absolute Gasteiger partial charge is 0.361 e. The standard InChI is InChI=1S/C14H16N6O/c15-11(14(21)17-7-13-18-8-19-20-13)5-9-6-16-12-4-2-1-3-10(9)12/h1-4,6,8,11,16H,5,7,15H2,(H,17,21)(H,18,19,20). The van der Waals surface area contributed by atoms with Crippen LogP contribution in [0, 0.1) is 0 Å². The topological polar surface area (TPSA) is 112 Å². The zero-order valence-corrected chi connectivity index (χ0v) is 11.3. The zero-order chi connectivity index (χ0) is 14.7. The highest BCUT2D eigenvalue weighted by molar-refractivity contribution is 5.86. The first kappa shape index (κ1) is 13.3. The summed E-state index contributed by atoms with van der Waals surface area (Å²) in [6.07, 6.45) is 3.77. The summed E-state index contributed by atoms with van der Waals surface area (Å²) < 4.78 is 0. The van der Waals surface area contributed by atoms with Gasteiger partial charge < -0.3 is 16.0 Å². The van der Waals surface area contributed by atoms with Crippen LogP contribution in [0.15, 0.2) is 36.8 Å². The Morgan fingerprint density at radius 1 is 1.38 bits per heavy atom. The highest BCUT2D eigenvalue weighted by atomic mass is 16.2. The first-order chi connectivity index (χ1) is 10.2. The van der Waals surface area contributed by atoms with Gasteiger partial charge in [-0.1, -0.05) is 18.2 Å². The maximum Gasteiger partial charge on any atom is 0.237 e. The summed E-state index contributed by atoms with van der Waals surface area (Å²) in [4.78, 5) is 19.1. The molecule has 1 amide bonds. The summed E-state index contributed by atoms with van der Waals surface area (Å²) in [5.74, 6) is 0.388. The summed E-state index contributed by atoms with van der Waals surface area (Å²) >= 11 is 0. The van der Waals surface area contributed by atoms with E-state index in [9.17, 15) is 4.79 Å². The lowest BCUT2D eigenvalue weighted by molar-refractivity contribution is -0.122. The molecule has 7 nitrogen and oxygen atoms in total. The lowest BCUT2D eigenvalue weighted by Crippen LogP contribution is -2.41. The average molecular weight is 284 g/mol. The Kier molecular flexibility index (Phi) is 3.65. The van der Waals surface area contributed by atoms with Gasteiger partial charge in [0.1, 0.15) is 12.2 Å². The van der Waals surface area contributed by atoms with Crippen LogP contribution in [0.3, 0.4) is 0 Å². The fourth-order valence-electron chi connectivity index (χ4n) is 2.25. The predicted octanol–water partition coefficient (Wildman–Crippen LogP) is 0.472. The van der Waals surface area contributed by atoms with Crippen LogP contribution in [0.5, 0.6) is 0 Å². The van der Waals surface area contributed by atoms with Crippen LogP contribution < -0.4 is 11.1 Å². The van der Waals surface area contributed by atoms with Crippen LogP contribution in [0.1, 0.15) is 11.4 Å². The number of fused-ring (bicyclic) bond motifs is 1. The molecule has 0 aliphatic rings. The van der Waals surface area contributed by atoms with Crippen molar-refractivity contribution in [3.63, 3.8) is 0 Å². The van der Waals surface area contributed by atoms with Gasteiger partial charge in [0.25, 0.3) is 0 Å². The molecule has 1 aromatic carbocycles. The number of nitrogens with zero attached hydrogens (tertiary/aromatic N) is 2. The minimum atomic E-state index is -0.605. The number of aromatic amines is 2. The SMILES string of the molecule is NC(Cc1c[nH]c2ccccc12)C(=O)NCc1ncn[nH]1. The van der Waals surface area contributed by atoms with E-state index in [1.54, 1.807) is 0 Å². The van der Waals surface area contributed by atoms with Crippen molar-refractivity contribution in [1.29, 1.82) is 0 Å². The Morgan fingerprint density at radius 3 is 3.05 bits per heavy atom. The molecule has 7 heteroatoms. The maximum absolute atomic E-state index is 12.0. The number of benzene rings is 1. The van der Waals surface area contributed by atoms with E-state index in [4.69, 9.17) is 5.73 Å². The van der Waals surface area contributed by atoms with Gasteiger partial charge in [0.05, 0.1) is 12.6 Å². The van der Waals surface area contributed by atoms with Crippen LogP contribution in [-0.2, 0) is 17.8 Å². The van der Waals surface area contributed by atoms with Crippen molar-refractivity contribution < 1.29 is 4.79 Å². The van der Waals surface area contributed by atoms with Crippen LogP contribution in [0.2, 0.25) is 0 Å². The molecule has 0 saturated carbocycles. The normalized spacial score (nSPS) is 12.4.